The molecule has 4 rings (SSSR count). The second-order valence-electron chi connectivity index (χ2n) is 8.03. The molecule has 34 heavy (non-hydrogen) atoms. The van der Waals surface area contributed by atoms with E-state index in [-0.39, 0.29) is 35.1 Å². The predicted molar refractivity (Wildman–Crippen MR) is 125 cm³/mol. The molecule has 1 aliphatic rings. The van der Waals surface area contributed by atoms with Gasteiger partial charge in [0.15, 0.2) is 6.61 Å². The molecule has 1 aliphatic carbocycles. The van der Waals surface area contributed by atoms with Crippen LogP contribution in [-0.4, -0.2) is 40.5 Å². The van der Waals surface area contributed by atoms with E-state index >= 15 is 0 Å². The number of ether oxygens (including phenoxy) is 2. The third-order valence-electron chi connectivity index (χ3n) is 5.84. The lowest BCUT2D eigenvalue weighted by molar-refractivity contribution is -0.384. The summed E-state index contributed by atoms with van der Waals surface area (Å²) in [7, 11) is 1.23. The molecule has 0 aliphatic heterocycles. The fourth-order valence-corrected chi connectivity index (χ4v) is 4.07. The molecule has 0 N–H and O–H groups in total. The first-order valence-corrected chi connectivity index (χ1v) is 11.0. The molecular formula is C24H24N4O6. The molecule has 1 fully saturated rings. The van der Waals surface area contributed by atoms with Crippen LogP contribution in [0.25, 0.3) is 10.9 Å². The van der Waals surface area contributed by atoms with E-state index in [0.29, 0.717) is 16.7 Å². The van der Waals surface area contributed by atoms with Crippen LogP contribution in [0.15, 0.2) is 52.4 Å². The van der Waals surface area contributed by atoms with Crippen molar-refractivity contribution in [2.45, 2.75) is 38.0 Å². The Morgan fingerprint density at radius 1 is 1.24 bits per heavy atom. The highest BCUT2D eigenvalue weighted by Gasteiger charge is 2.22. The number of hydrogen-bond acceptors (Lipinski definition) is 8. The quantitative estimate of drug-likeness (QED) is 0.225. The summed E-state index contributed by atoms with van der Waals surface area (Å²) in [4.78, 5) is 40.3. The molecule has 0 saturated heterocycles. The number of benzene rings is 2. The van der Waals surface area contributed by atoms with Crippen molar-refractivity contribution in [2.75, 3.05) is 13.7 Å². The van der Waals surface area contributed by atoms with Gasteiger partial charge in [-0.25, -0.2) is 9.78 Å². The summed E-state index contributed by atoms with van der Waals surface area (Å²) in [6, 6.07) is 11.0. The zero-order valence-electron chi connectivity index (χ0n) is 18.7. The number of non-ortho nitro benzene ring substituents is 1. The van der Waals surface area contributed by atoms with Crippen molar-refractivity contribution in [3.05, 3.63) is 74.3 Å². The van der Waals surface area contributed by atoms with Crippen molar-refractivity contribution in [2.24, 2.45) is 5.10 Å². The van der Waals surface area contributed by atoms with E-state index in [2.05, 4.69) is 9.84 Å². The van der Waals surface area contributed by atoms with Crippen LogP contribution in [0.3, 0.4) is 0 Å². The minimum atomic E-state index is -0.601. The number of nitro benzene ring substituents is 1. The average molecular weight is 464 g/mol. The monoisotopic (exact) mass is 464 g/mol. The first-order chi connectivity index (χ1) is 16.5. The molecule has 1 heterocycles. The van der Waals surface area contributed by atoms with Crippen LogP contribution in [0.5, 0.6) is 5.75 Å². The minimum Gasteiger partial charge on any atom is -0.481 e. The van der Waals surface area contributed by atoms with Crippen LogP contribution in [0.2, 0.25) is 0 Å². The van der Waals surface area contributed by atoms with Crippen LogP contribution in [-0.2, 0) is 9.53 Å². The molecule has 1 aromatic heterocycles. The summed E-state index contributed by atoms with van der Waals surface area (Å²) in [5.74, 6) is 0.252. The molecular weight excluding hydrogens is 440 g/mol. The van der Waals surface area contributed by atoms with E-state index in [0.717, 1.165) is 32.1 Å². The molecule has 10 nitrogen and oxygen atoms in total. The second-order valence-corrected chi connectivity index (χ2v) is 8.03. The van der Waals surface area contributed by atoms with E-state index in [1.165, 1.54) is 36.2 Å². The molecule has 0 bridgehead atoms. The molecule has 176 valence electrons. The summed E-state index contributed by atoms with van der Waals surface area (Å²) in [6.07, 6.45) is 6.38. The van der Waals surface area contributed by atoms with Gasteiger partial charge in [-0.3, -0.25) is 14.9 Å². The van der Waals surface area contributed by atoms with E-state index < -0.39 is 10.9 Å². The zero-order chi connectivity index (χ0) is 24.1. The van der Waals surface area contributed by atoms with Gasteiger partial charge in [0, 0.05) is 23.6 Å². The van der Waals surface area contributed by atoms with Gasteiger partial charge in [-0.2, -0.15) is 9.78 Å². The Kier molecular flexibility index (Phi) is 6.95. The van der Waals surface area contributed by atoms with Crippen LogP contribution in [0, 0.1) is 10.1 Å². The number of nitrogens with zero attached hydrogens (tertiary/aromatic N) is 4. The number of nitro groups is 1. The van der Waals surface area contributed by atoms with Gasteiger partial charge in [-0.15, -0.1) is 0 Å². The van der Waals surface area contributed by atoms with Gasteiger partial charge in [0.25, 0.3) is 11.2 Å². The first kappa shape index (κ1) is 23.1. The molecule has 10 heteroatoms. The minimum absolute atomic E-state index is 0.0864. The number of rotatable bonds is 7. The van der Waals surface area contributed by atoms with Crippen molar-refractivity contribution in [3.8, 4) is 5.75 Å². The number of fused-ring (bicyclic) bond motifs is 1. The van der Waals surface area contributed by atoms with Crippen LogP contribution >= 0.6 is 0 Å². The molecule has 0 atom stereocenters. The number of para-hydroxylation sites is 1. The molecule has 0 unspecified atom stereocenters. The summed E-state index contributed by atoms with van der Waals surface area (Å²) in [6.45, 7) is -0.375. The summed E-state index contributed by atoms with van der Waals surface area (Å²) in [5.41, 5.74) is 0.359. The van der Waals surface area contributed by atoms with Gasteiger partial charge in [0.1, 0.15) is 11.6 Å². The standard InChI is InChI=1S/C24H24N4O6/c1-33-22(29)15-34-21-12-11-18(28(31)32)13-17(21)14-25-27-23(16-7-3-2-4-8-16)26-20-10-6-5-9-19(20)24(27)30/h5-6,9-14,16H,2-4,7-8,15H2,1H3. The van der Waals surface area contributed by atoms with E-state index in [1.807, 2.05) is 6.07 Å². The van der Waals surface area contributed by atoms with Crippen LogP contribution in [0.4, 0.5) is 5.69 Å². The summed E-state index contributed by atoms with van der Waals surface area (Å²) >= 11 is 0. The summed E-state index contributed by atoms with van der Waals surface area (Å²) in [5, 5.41) is 16.1. The average Bonchev–Trinajstić information content (AvgIpc) is 2.87. The highest BCUT2D eigenvalue weighted by molar-refractivity contribution is 5.85. The molecule has 1 saturated carbocycles. The maximum absolute atomic E-state index is 13.3. The number of aromatic nitrogens is 2. The number of methoxy groups -OCH3 is 1. The molecule has 2 aromatic carbocycles. The Bertz CT molecular complexity index is 1310. The SMILES string of the molecule is COC(=O)COc1ccc([N+](=O)[O-])cc1C=Nn1c(C2CCCCC2)nc2ccccc2c1=O. The van der Waals surface area contributed by atoms with Crippen molar-refractivity contribution in [1.29, 1.82) is 0 Å². The molecule has 0 radical (unpaired) electrons. The normalized spacial score (nSPS) is 14.4. The summed E-state index contributed by atoms with van der Waals surface area (Å²) < 4.78 is 11.3. The predicted octanol–water partition coefficient (Wildman–Crippen LogP) is 3.79. The number of carbonyl (C=O) groups excluding carboxylic acids is 1. The van der Waals surface area contributed by atoms with Crippen molar-refractivity contribution >= 4 is 28.8 Å². The maximum Gasteiger partial charge on any atom is 0.343 e. The molecule has 0 spiro atoms. The van der Waals surface area contributed by atoms with Crippen molar-refractivity contribution in [1.82, 2.24) is 9.66 Å². The largest absolute Gasteiger partial charge is 0.481 e. The smallest absolute Gasteiger partial charge is 0.343 e. The third kappa shape index (κ3) is 4.95. The Balaban J connectivity index is 1.80. The lowest BCUT2D eigenvalue weighted by atomic mass is 9.88. The van der Waals surface area contributed by atoms with Gasteiger partial charge < -0.3 is 9.47 Å². The van der Waals surface area contributed by atoms with Gasteiger partial charge in [-0.1, -0.05) is 31.4 Å². The maximum atomic E-state index is 13.3. The Morgan fingerprint density at radius 3 is 2.74 bits per heavy atom. The highest BCUT2D eigenvalue weighted by atomic mass is 16.6. The fraction of sp³-hybridized carbons (Fsp3) is 0.333. The first-order valence-electron chi connectivity index (χ1n) is 11.0. The van der Waals surface area contributed by atoms with Crippen molar-refractivity contribution in [3.63, 3.8) is 0 Å². The van der Waals surface area contributed by atoms with Gasteiger partial charge >= 0.3 is 5.97 Å². The highest BCUT2D eigenvalue weighted by Crippen LogP contribution is 2.32. The number of esters is 1. The van der Waals surface area contributed by atoms with E-state index in [9.17, 15) is 19.7 Å². The zero-order valence-corrected chi connectivity index (χ0v) is 18.7. The Labute approximate surface area is 195 Å². The number of carbonyl (C=O) groups is 1. The molecule has 0 amide bonds. The lowest BCUT2D eigenvalue weighted by Crippen LogP contribution is -2.25. The van der Waals surface area contributed by atoms with Gasteiger partial charge in [0.05, 0.1) is 29.2 Å². The Hall–Kier alpha value is -4.08. The lowest BCUT2D eigenvalue weighted by Gasteiger charge is -2.22. The van der Waals surface area contributed by atoms with Crippen LogP contribution in [0.1, 0.15) is 49.4 Å². The third-order valence-corrected chi connectivity index (χ3v) is 5.84. The molecule has 3 aromatic rings. The van der Waals surface area contributed by atoms with E-state index in [1.54, 1.807) is 18.2 Å². The van der Waals surface area contributed by atoms with Gasteiger partial charge in [-0.05, 0) is 31.0 Å². The second kappa shape index (κ2) is 10.2. The topological polar surface area (TPSA) is 126 Å². The van der Waals surface area contributed by atoms with Gasteiger partial charge in [0.2, 0.25) is 0 Å². The van der Waals surface area contributed by atoms with Crippen molar-refractivity contribution < 1.29 is 19.2 Å². The van der Waals surface area contributed by atoms with Crippen LogP contribution < -0.4 is 10.3 Å². The fourth-order valence-electron chi connectivity index (χ4n) is 4.07. The number of hydrogen-bond donors (Lipinski definition) is 0. The van der Waals surface area contributed by atoms with E-state index in [4.69, 9.17) is 9.72 Å². The Morgan fingerprint density at radius 2 is 2.00 bits per heavy atom.